The molecule has 0 aromatic carbocycles. The molecule has 9 heteroatoms. The van der Waals surface area contributed by atoms with Crippen molar-refractivity contribution in [3.05, 3.63) is 60.7 Å². The zero-order chi connectivity index (χ0) is 22.8. The van der Waals surface area contributed by atoms with E-state index in [0.29, 0.717) is 23.1 Å². The maximum Gasteiger partial charge on any atom is 0.257 e. The van der Waals surface area contributed by atoms with Crippen molar-refractivity contribution < 1.29 is 4.79 Å². The lowest BCUT2D eigenvalue weighted by molar-refractivity contribution is 0.102. The van der Waals surface area contributed by atoms with Gasteiger partial charge in [-0.25, -0.2) is 19.9 Å². The van der Waals surface area contributed by atoms with E-state index in [2.05, 4.69) is 53.8 Å². The van der Waals surface area contributed by atoms with Gasteiger partial charge in [-0.1, -0.05) is 13.0 Å². The lowest BCUT2D eigenvalue weighted by Gasteiger charge is -2.40. The molecule has 2 aliphatic heterocycles. The first-order chi connectivity index (χ1) is 16.1. The van der Waals surface area contributed by atoms with Crippen LogP contribution in [0.5, 0.6) is 0 Å². The SMILES string of the molecule is CC1CN(c2ccc(C(=O)Nc3cnc(N4CCN(c5ccccn5)C[C@@H]4C)nc3)cn2)C1. The molecule has 0 spiro atoms. The van der Waals surface area contributed by atoms with Gasteiger partial charge in [-0.2, -0.15) is 0 Å². The third kappa shape index (κ3) is 4.57. The number of hydrogen-bond acceptors (Lipinski definition) is 8. The summed E-state index contributed by atoms with van der Waals surface area (Å²) in [7, 11) is 0. The Hall–Kier alpha value is -3.75. The minimum absolute atomic E-state index is 0.222. The van der Waals surface area contributed by atoms with Crippen LogP contribution in [0.25, 0.3) is 0 Å². The molecule has 170 valence electrons. The molecular formula is C24H28N8O. The predicted molar refractivity (Wildman–Crippen MR) is 129 cm³/mol. The quantitative estimate of drug-likeness (QED) is 0.642. The highest BCUT2D eigenvalue weighted by Crippen LogP contribution is 2.23. The third-order valence-corrected chi connectivity index (χ3v) is 6.15. The van der Waals surface area contributed by atoms with Crippen LogP contribution in [0.2, 0.25) is 0 Å². The zero-order valence-electron chi connectivity index (χ0n) is 18.9. The minimum atomic E-state index is -0.222. The minimum Gasteiger partial charge on any atom is -0.356 e. The molecule has 3 aromatic heterocycles. The Morgan fingerprint density at radius 3 is 2.30 bits per heavy atom. The van der Waals surface area contributed by atoms with Crippen LogP contribution in [0.3, 0.4) is 0 Å². The molecule has 33 heavy (non-hydrogen) atoms. The van der Waals surface area contributed by atoms with Gasteiger partial charge in [0, 0.05) is 51.2 Å². The topological polar surface area (TPSA) is 90.4 Å². The fraction of sp³-hybridized carbons (Fsp3) is 0.375. The molecule has 3 aromatic rings. The highest BCUT2D eigenvalue weighted by molar-refractivity contribution is 6.04. The monoisotopic (exact) mass is 444 g/mol. The summed E-state index contributed by atoms with van der Waals surface area (Å²) in [6.07, 6.45) is 6.74. The molecule has 2 saturated heterocycles. The fourth-order valence-corrected chi connectivity index (χ4v) is 4.33. The third-order valence-electron chi connectivity index (χ3n) is 6.15. The second kappa shape index (κ2) is 9.01. The molecular weight excluding hydrogens is 416 g/mol. The Labute approximate surface area is 193 Å². The van der Waals surface area contributed by atoms with Gasteiger partial charge in [0.05, 0.1) is 23.6 Å². The molecule has 1 amide bonds. The van der Waals surface area contributed by atoms with Crippen LogP contribution in [0.1, 0.15) is 24.2 Å². The summed E-state index contributed by atoms with van der Waals surface area (Å²) in [5.74, 6) is 3.04. The van der Waals surface area contributed by atoms with Crippen molar-refractivity contribution in [3.8, 4) is 0 Å². The second-order valence-electron chi connectivity index (χ2n) is 8.82. The van der Waals surface area contributed by atoms with E-state index in [1.807, 2.05) is 30.5 Å². The summed E-state index contributed by atoms with van der Waals surface area (Å²) < 4.78 is 0. The predicted octanol–water partition coefficient (Wildman–Crippen LogP) is 2.69. The maximum atomic E-state index is 12.6. The van der Waals surface area contributed by atoms with E-state index >= 15 is 0 Å². The van der Waals surface area contributed by atoms with Crippen molar-refractivity contribution in [2.24, 2.45) is 5.92 Å². The molecule has 5 heterocycles. The van der Waals surface area contributed by atoms with Crippen LogP contribution in [-0.2, 0) is 0 Å². The van der Waals surface area contributed by atoms with Crippen molar-refractivity contribution in [3.63, 3.8) is 0 Å². The molecule has 0 aliphatic carbocycles. The van der Waals surface area contributed by atoms with Gasteiger partial charge in [0.25, 0.3) is 5.91 Å². The number of carbonyl (C=O) groups is 1. The first-order valence-electron chi connectivity index (χ1n) is 11.3. The zero-order valence-corrected chi connectivity index (χ0v) is 18.9. The van der Waals surface area contributed by atoms with Gasteiger partial charge < -0.3 is 20.0 Å². The maximum absolute atomic E-state index is 12.6. The molecule has 9 nitrogen and oxygen atoms in total. The van der Waals surface area contributed by atoms with E-state index < -0.39 is 0 Å². The van der Waals surface area contributed by atoms with Gasteiger partial charge in [0.15, 0.2) is 0 Å². The molecule has 1 N–H and O–H groups in total. The normalized spacial score (nSPS) is 18.7. The number of aromatic nitrogens is 4. The van der Waals surface area contributed by atoms with Crippen LogP contribution >= 0.6 is 0 Å². The van der Waals surface area contributed by atoms with Crippen molar-refractivity contribution in [2.75, 3.05) is 52.7 Å². The number of nitrogens with one attached hydrogen (secondary N) is 1. The highest BCUT2D eigenvalue weighted by Gasteiger charge is 2.26. The number of nitrogens with zero attached hydrogens (tertiary/aromatic N) is 7. The first-order valence-corrected chi connectivity index (χ1v) is 11.3. The van der Waals surface area contributed by atoms with Crippen LogP contribution < -0.4 is 20.0 Å². The molecule has 0 saturated carbocycles. The fourth-order valence-electron chi connectivity index (χ4n) is 4.33. The molecule has 0 radical (unpaired) electrons. The van der Waals surface area contributed by atoms with Crippen molar-refractivity contribution in [2.45, 2.75) is 19.9 Å². The number of piperazine rings is 1. The number of anilines is 4. The number of pyridine rings is 2. The van der Waals surface area contributed by atoms with E-state index in [9.17, 15) is 4.79 Å². The molecule has 1 atom stereocenters. The molecule has 0 bridgehead atoms. The van der Waals surface area contributed by atoms with Crippen molar-refractivity contribution >= 4 is 29.2 Å². The van der Waals surface area contributed by atoms with Crippen LogP contribution in [0.4, 0.5) is 23.3 Å². The van der Waals surface area contributed by atoms with E-state index in [-0.39, 0.29) is 11.9 Å². The standard InChI is InChI=1S/C24H28N8O/c1-17-14-31(15-17)22-7-6-19(11-26-22)23(33)29-20-12-27-24(28-13-20)32-10-9-30(16-18(32)2)21-5-3-4-8-25-21/h3-8,11-13,17-18H,9-10,14-16H2,1-2H3,(H,29,33)/t18-/m0/s1. The van der Waals surface area contributed by atoms with Gasteiger partial charge in [0.1, 0.15) is 11.6 Å². The number of hydrogen-bond donors (Lipinski definition) is 1. The summed E-state index contributed by atoms with van der Waals surface area (Å²) in [6, 6.07) is 9.90. The lowest BCUT2D eigenvalue weighted by atomic mass is 10.0. The largest absolute Gasteiger partial charge is 0.356 e. The Morgan fingerprint density at radius 2 is 1.67 bits per heavy atom. The van der Waals surface area contributed by atoms with Crippen LogP contribution in [-0.4, -0.2) is 64.6 Å². The van der Waals surface area contributed by atoms with Crippen LogP contribution in [0.15, 0.2) is 55.1 Å². The van der Waals surface area contributed by atoms with Gasteiger partial charge in [-0.15, -0.1) is 0 Å². The Kier molecular flexibility index (Phi) is 5.77. The van der Waals surface area contributed by atoms with Crippen molar-refractivity contribution in [1.82, 2.24) is 19.9 Å². The second-order valence-corrected chi connectivity index (χ2v) is 8.82. The average molecular weight is 445 g/mol. The Morgan fingerprint density at radius 1 is 0.879 bits per heavy atom. The average Bonchev–Trinajstić information content (AvgIpc) is 2.83. The number of amides is 1. The van der Waals surface area contributed by atoms with E-state index in [4.69, 9.17) is 0 Å². The van der Waals surface area contributed by atoms with Gasteiger partial charge in [-0.05, 0) is 37.1 Å². The summed E-state index contributed by atoms with van der Waals surface area (Å²) in [5.41, 5.74) is 1.07. The summed E-state index contributed by atoms with van der Waals surface area (Å²) in [5, 5.41) is 2.86. The molecule has 2 aliphatic rings. The van der Waals surface area contributed by atoms with E-state index in [0.717, 1.165) is 44.4 Å². The number of rotatable bonds is 5. The smallest absolute Gasteiger partial charge is 0.257 e. The van der Waals surface area contributed by atoms with Crippen molar-refractivity contribution in [1.29, 1.82) is 0 Å². The van der Waals surface area contributed by atoms with E-state index in [1.165, 1.54) is 0 Å². The summed E-state index contributed by atoms with van der Waals surface area (Å²) in [4.78, 5) is 37.2. The lowest BCUT2D eigenvalue weighted by Crippen LogP contribution is -2.53. The molecule has 5 rings (SSSR count). The van der Waals surface area contributed by atoms with E-state index in [1.54, 1.807) is 24.7 Å². The van der Waals surface area contributed by atoms with Gasteiger partial charge in [0.2, 0.25) is 5.95 Å². The van der Waals surface area contributed by atoms with Crippen LogP contribution in [0, 0.1) is 5.92 Å². The Bertz CT molecular complexity index is 1080. The molecule has 2 fully saturated rings. The summed E-state index contributed by atoms with van der Waals surface area (Å²) in [6.45, 7) is 8.90. The highest BCUT2D eigenvalue weighted by atomic mass is 16.1. The molecule has 0 unspecified atom stereocenters. The van der Waals surface area contributed by atoms with Gasteiger partial charge >= 0.3 is 0 Å². The Balaban J connectivity index is 1.18. The summed E-state index contributed by atoms with van der Waals surface area (Å²) >= 11 is 0. The van der Waals surface area contributed by atoms with Gasteiger partial charge in [-0.3, -0.25) is 4.79 Å². The first kappa shape index (κ1) is 21.1. The number of carbonyl (C=O) groups excluding carboxylic acids is 1.